The summed E-state index contributed by atoms with van der Waals surface area (Å²) >= 11 is 0. The highest BCUT2D eigenvalue weighted by Crippen LogP contribution is 2.09. The molecule has 0 aromatic heterocycles. The average Bonchev–Trinajstić information content (AvgIpc) is 2.84. The zero-order chi connectivity index (χ0) is 27.3. The summed E-state index contributed by atoms with van der Waals surface area (Å²) in [5.41, 5.74) is 11.0. The molecule has 37 heavy (non-hydrogen) atoms. The van der Waals surface area contributed by atoms with Crippen LogP contribution in [0.3, 0.4) is 0 Å². The quantitative estimate of drug-likeness (QED) is 0.0896. The molecule has 3 atom stereocenters. The predicted molar refractivity (Wildman–Crippen MR) is 146 cm³/mol. The number of aliphatic hydroxyl groups excluding tert-OH is 1. The fourth-order valence-electron chi connectivity index (χ4n) is 3.73. The predicted octanol–water partition coefficient (Wildman–Crippen LogP) is 0.892. The Labute approximate surface area is 228 Å². The van der Waals surface area contributed by atoms with E-state index in [2.05, 4.69) is 16.0 Å². The first-order valence-electron chi connectivity index (χ1n) is 13.2. The molecule has 0 bridgehead atoms. The van der Waals surface area contributed by atoms with E-state index < -0.39 is 42.5 Å². The lowest BCUT2D eigenvalue weighted by Gasteiger charge is -2.25. The van der Waals surface area contributed by atoms with Gasteiger partial charge in [-0.05, 0) is 57.5 Å². The summed E-state index contributed by atoms with van der Waals surface area (Å²) in [6, 6.07) is -2.98. The van der Waals surface area contributed by atoms with E-state index in [1.807, 2.05) is 13.8 Å². The third kappa shape index (κ3) is 18.0. The number of halogens is 1. The second-order valence-corrected chi connectivity index (χ2v) is 9.52. The van der Waals surface area contributed by atoms with Crippen molar-refractivity contribution in [3.05, 3.63) is 0 Å². The third-order valence-electron chi connectivity index (χ3n) is 5.78. The number of esters is 1. The number of hydrogen-bond acceptors (Lipinski definition) is 8. The number of methoxy groups -OCH3 is 1. The van der Waals surface area contributed by atoms with E-state index in [9.17, 15) is 24.3 Å². The molecule has 0 aliphatic heterocycles. The van der Waals surface area contributed by atoms with Crippen LogP contribution >= 0.6 is 12.4 Å². The van der Waals surface area contributed by atoms with Gasteiger partial charge >= 0.3 is 5.97 Å². The molecule has 218 valence electrons. The van der Waals surface area contributed by atoms with Crippen molar-refractivity contribution >= 4 is 36.1 Å². The van der Waals surface area contributed by atoms with E-state index >= 15 is 0 Å². The van der Waals surface area contributed by atoms with E-state index in [4.69, 9.17) is 16.2 Å². The number of nitrogens with one attached hydrogen (secondary N) is 3. The van der Waals surface area contributed by atoms with Crippen LogP contribution in [0.2, 0.25) is 0 Å². The molecule has 0 aromatic rings. The van der Waals surface area contributed by atoms with Gasteiger partial charge in [0.05, 0.1) is 13.7 Å². The highest BCUT2D eigenvalue weighted by atomic mass is 35.5. The molecule has 0 saturated carbocycles. The number of hydrogen-bond donors (Lipinski definition) is 6. The third-order valence-corrected chi connectivity index (χ3v) is 5.78. The van der Waals surface area contributed by atoms with Gasteiger partial charge < -0.3 is 37.3 Å². The summed E-state index contributed by atoms with van der Waals surface area (Å²) in [6.07, 6.45) is 7.89. The molecule has 0 aromatic carbocycles. The summed E-state index contributed by atoms with van der Waals surface area (Å²) in [5.74, 6) is -1.98. The minimum Gasteiger partial charge on any atom is -0.467 e. The maximum atomic E-state index is 13.0. The van der Waals surface area contributed by atoms with Crippen LogP contribution in [0.4, 0.5) is 0 Å². The number of rotatable bonds is 21. The molecule has 8 N–H and O–H groups in total. The van der Waals surface area contributed by atoms with Crippen molar-refractivity contribution < 1.29 is 29.0 Å². The van der Waals surface area contributed by atoms with E-state index in [1.165, 1.54) is 7.11 Å². The van der Waals surface area contributed by atoms with Gasteiger partial charge in [-0.15, -0.1) is 12.4 Å². The van der Waals surface area contributed by atoms with Gasteiger partial charge in [0.1, 0.15) is 18.1 Å². The van der Waals surface area contributed by atoms with Crippen LogP contribution in [0.15, 0.2) is 0 Å². The second kappa shape index (κ2) is 23.2. The minimum absolute atomic E-state index is 0. The van der Waals surface area contributed by atoms with Gasteiger partial charge in [0.25, 0.3) is 0 Å². The Morgan fingerprint density at radius 3 is 1.81 bits per heavy atom. The zero-order valence-corrected chi connectivity index (χ0v) is 23.6. The molecule has 0 unspecified atom stereocenters. The van der Waals surface area contributed by atoms with Gasteiger partial charge in [-0.3, -0.25) is 14.4 Å². The Morgan fingerprint density at radius 1 is 0.757 bits per heavy atom. The Balaban J connectivity index is 0. The number of nitrogens with two attached hydrogens (primary N) is 2. The average molecular weight is 552 g/mol. The van der Waals surface area contributed by atoms with Crippen LogP contribution in [0.5, 0.6) is 0 Å². The van der Waals surface area contributed by atoms with E-state index in [0.717, 1.165) is 32.1 Å². The van der Waals surface area contributed by atoms with E-state index in [0.29, 0.717) is 45.2 Å². The number of amides is 3. The molecular weight excluding hydrogens is 502 g/mol. The number of carbonyl (C=O) groups is 4. The number of aliphatic hydroxyl groups is 1. The minimum atomic E-state index is -1.18. The standard InChI is InChI=1S/C25H49N5O6.ClH/c1-18(2)16-20(25(35)36-3)30-23(33)19(12-9-11-15-27)29-24(34)21(17-31)28-22(32)13-8-6-4-5-7-10-14-26;/h18-21,31H,4-17,26-27H2,1-3H3,(H,28,32)(H,29,34)(H,30,33);1H/t19-,20-,21-;/m0./s1. The van der Waals surface area contributed by atoms with Crippen LogP contribution in [0.25, 0.3) is 0 Å². The summed E-state index contributed by atoms with van der Waals surface area (Å²) in [5, 5.41) is 17.5. The highest BCUT2D eigenvalue weighted by Gasteiger charge is 2.29. The molecule has 0 radical (unpaired) electrons. The maximum absolute atomic E-state index is 13.0. The van der Waals surface area contributed by atoms with Crippen LogP contribution in [-0.4, -0.2) is 73.7 Å². The van der Waals surface area contributed by atoms with Crippen LogP contribution in [0, 0.1) is 5.92 Å². The highest BCUT2D eigenvalue weighted by molar-refractivity contribution is 5.93. The molecule has 0 heterocycles. The van der Waals surface area contributed by atoms with E-state index in [-0.39, 0.29) is 30.7 Å². The molecule has 0 fully saturated rings. The van der Waals surface area contributed by atoms with Gasteiger partial charge in [0, 0.05) is 6.42 Å². The maximum Gasteiger partial charge on any atom is 0.328 e. The van der Waals surface area contributed by atoms with Crippen molar-refractivity contribution in [2.24, 2.45) is 17.4 Å². The zero-order valence-electron chi connectivity index (χ0n) is 22.8. The van der Waals surface area contributed by atoms with E-state index in [1.54, 1.807) is 0 Å². The van der Waals surface area contributed by atoms with Gasteiger partial charge in [-0.1, -0.05) is 39.5 Å². The van der Waals surface area contributed by atoms with Gasteiger partial charge in [0.15, 0.2) is 0 Å². The molecule has 0 aliphatic rings. The first-order chi connectivity index (χ1) is 17.2. The molecule has 0 saturated heterocycles. The fraction of sp³-hybridized carbons (Fsp3) is 0.840. The second-order valence-electron chi connectivity index (χ2n) is 9.52. The monoisotopic (exact) mass is 551 g/mol. The summed E-state index contributed by atoms with van der Waals surface area (Å²) in [6.45, 7) is 4.35. The summed E-state index contributed by atoms with van der Waals surface area (Å²) in [4.78, 5) is 50.1. The lowest BCUT2D eigenvalue weighted by Crippen LogP contribution is -2.56. The van der Waals surface area contributed by atoms with Crippen molar-refractivity contribution in [3.8, 4) is 0 Å². The van der Waals surface area contributed by atoms with Crippen molar-refractivity contribution in [2.45, 2.75) is 103 Å². The lowest BCUT2D eigenvalue weighted by molar-refractivity contribution is -0.146. The smallest absolute Gasteiger partial charge is 0.328 e. The van der Waals surface area contributed by atoms with Crippen molar-refractivity contribution in [1.82, 2.24) is 16.0 Å². The normalized spacial score (nSPS) is 13.2. The number of ether oxygens (including phenoxy) is 1. The van der Waals surface area contributed by atoms with Gasteiger partial charge in [-0.25, -0.2) is 4.79 Å². The Morgan fingerprint density at radius 2 is 1.27 bits per heavy atom. The van der Waals surface area contributed by atoms with Crippen LogP contribution in [-0.2, 0) is 23.9 Å². The van der Waals surface area contributed by atoms with Crippen LogP contribution < -0.4 is 27.4 Å². The molecule has 0 rings (SSSR count). The van der Waals surface area contributed by atoms with Crippen molar-refractivity contribution in [3.63, 3.8) is 0 Å². The fourth-order valence-corrected chi connectivity index (χ4v) is 3.73. The topological polar surface area (TPSA) is 186 Å². The molecular formula is C25H50ClN5O6. The Kier molecular flexibility index (Phi) is 23.3. The molecule has 0 aliphatic carbocycles. The molecule has 11 nitrogen and oxygen atoms in total. The van der Waals surface area contributed by atoms with Gasteiger partial charge in [0.2, 0.25) is 17.7 Å². The summed E-state index contributed by atoms with van der Waals surface area (Å²) < 4.78 is 4.79. The Hall–Kier alpha value is -1.95. The van der Waals surface area contributed by atoms with Crippen molar-refractivity contribution in [1.29, 1.82) is 0 Å². The Bertz CT molecular complexity index is 653. The largest absolute Gasteiger partial charge is 0.467 e. The SMILES string of the molecule is COC(=O)[C@H](CC(C)C)NC(=O)[C@H](CCCCN)NC(=O)[C@H](CO)NC(=O)CCCCCCCCN.Cl. The first kappa shape index (κ1) is 37.2. The molecule has 0 spiro atoms. The molecule has 12 heteroatoms. The number of carbonyl (C=O) groups excluding carboxylic acids is 4. The van der Waals surface area contributed by atoms with Crippen LogP contribution in [0.1, 0.15) is 84.5 Å². The lowest BCUT2D eigenvalue weighted by atomic mass is 10.0. The van der Waals surface area contributed by atoms with Gasteiger partial charge in [-0.2, -0.15) is 0 Å². The number of unbranched alkanes of at least 4 members (excludes halogenated alkanes) is 6. The van der Waals surface area contributed by atoms with Crippen molar-refractivity contribution in [2.75, 3.05) is 26.8 Å². The summed E-state index contributed by atoms with van der Waals surface area (Å²) in [7, 11) is 1.25. The molecule has 3 amide bonds. The first-order valence-corrected chi connectivity index (χ1v) is 13.2.